The Hall–Kier alpha value is -4.09. The van der Waals surface area contributed by atoms with Crippen molar-refractivity contribution in [3.05, 3.63) is 87.5 Å². The van der Waals surface area contributed by atoms with Gasteiger partial charge in [-0.3, -0.25) is 9.59 Å². The van der Waals surface area contributed by atoms with E-state index in [4.69, 9.17) is 0 Å². The first-order chi connectivity index (χ1) is 15.9. The molecule has 0 spiro atoms. The number of hydrogen-bond acceptors (Lipinski definition) is 3. The molecule has 0 saturated carbocycles. The summed E-state index contributed by atoms with van der Waals surface area (Å²) in [6, 6.07) is 11.0. The van der Waals surface area contributed by atoms with Gasteiger partial charge in [0.15, 0.2) is 5.69 Å². The van der Waals surface area contributed by atoms with Crippen molar-refractivity contribution in [2.75, 3.05) is 5.32 Å². The maximum atomic E-state index is 13.7. The summed E-state index contributed by atoms with van der Waals surface area (Å²) < 4.78 is 79.8. The van der Waals surface area contributed by atoms with Gasteiger partial charge in [0.05, 0.1) is 11.1 Å². The molecule has 4 rings (SSSR count). The highest BCUT2D eigenvalue weighted by Crippen LogP contribution is 2.38. The number of nitrogens with one attached hydrogen (secondary N) is 2. The van der Waals surface area contributed by atoms with Crippen molar-refractivity contribution in [2.24, 2.45) is 0 Å². The fourth-order valence-corrected chi connectivity index (χ4v) is 3.47. The number of rotatable bonds is 3. The van der Waals surface area contributed by atoms with Crippen LogP contribution in [-0.4, -0.2) is 20.5 Å². The smallest absolute Gasteiger partial charge is 0.342 e. The lowest BCUT2D eigenvalue weighted by Crippen LogP contribution is -2.29. The summed E-state index contributed by atoms with van der Waals surface area (Å²) in [6.45, 7) is 1.32. The van der Waals surface area contributed by atoms with Gasteiger partial charge in [-0.2, -0.15) is 36.0 Å². The normalized spacial score (nSPS) is 12.2. The number of amides is 1. The molecule has 0 aliphatic heterocycles. The quantitative estimate of drug-likeness (QED) is 0.391. The Kier molecular flexibility index (Phi) is 5.46. The minimum Gasteiger partial charge on any atom is -0.342 e. The molecule has 0 aliphatic carbocycles. The van der Waals surface area contributed by atoms with E-state index < -0.39 is 40.6 Å². The number of alkyl halides is 6. The molecule has 2 heterocycles. The van der Waals surface area contributed by atoms with Crippen LogP contribution in [0.1, 0.15) is 27.3 Å². The zero-order chi connectivity index (χ0) is 24.8. The molecule has 0 bridgehead atoms. The van der Waals surface area contributed by atoms with Crippen molar-refractivity contribution in [1.82, 2.24) is 14.6 Å². The summed E-state index contributed by atoms with van der Waals surface area (Å²) in [7, 11) is 0. The molecule has 6 nitrogen and oxygen atoms in total. The third-order valence-corrected chi connectivity index (χ3v) is 5.00. The van der Waals surface area contributed by atoms with Crippen LogP contribution in [0, 0.1) is 6.92 Å². The highest BCUT2D eigenvalue weighted by atomic mass is 19.4. The van der Waals surface area contributed by atoms with Gasteiger partial charge in [0.2, 0.25) is 0 Å². The number of hydrogen-bond donors (Lipinski definition) is 2. The SMILES string of the molecule is Cc1[nH]c2c(-c3ccccc3)c(C(F)(F)F)nn2c(=O)c1C(=O)Nc1ccc(C(F)(F)F)cc1. The second-order valence-corrected chi connectivity index (χ2v) is 7.31. The van der Waals surface area contributed by atoms with Gasteiger partial charge in [-0.25, -0.2) is 0 Å². The van der Waals surface area contributed by atoms with E-state index in [0.717, 1.165) is 24.3 Å². The van der Waals surface area contributed by atoms with Crippen LogP contribution >= 0.6 is 0 Å². The van der Waals surface area contributed by atoms with Crippen molar-refractivity contribution in [2.45, 2.75) is 19.3 Å². The number of aromatic amines is 1. The van der Waals surface area contributed by atoms with Gasteiger partial charge in [0.25, 0.3) is 11.5 Å². The average molecular weight is 480 g/mol. The molecular formula is C22H14F6N4O2. The number of aryl methyl sites for hydroxylation is 1. The van der Waals surface area contributed by atoms with Crippen LogP contribution in [0.25, 0.3) is 16.8 Å². The topological polar surface area (TPSA) is 79.3 Å². The van der Waals surface area contributed by atoms with E-state index in [1.165, 1.54) is 31.2 Å². The highest BCUT2D eigenvalue weighted by molar-refractivity contribution is 6.05. The fraction of sp³-hybridized carbons (Fsp3) is 0.136. The predicted molar refractivity (Wildman–Crippen MR) is 110 cm³/mol. The standard InChI is InChI=1S/C22H14F6N4O2/c1-11-15(19(33)30-14-9-7-13(8-10-14)21(23,24)25)20(34)32-18(29-11)16(12-5-3-2-4-6-12)17(31-32)22(26,27)28/h2-10,29H,1H3,(H,30,33). The lowest BCUT2D eigenvalue weighted by molar-refractivity contribution is -0.141. The number of H-pyrrole nitrogens is 1. The summed E-state index contributed by atoms with van der Waals surface area (Å²) in [6.07, 6.45) is -9.47. The molecular weight excluding hydrogens is 466 g/mol. The first-order valence-electron chi connectivity index (χ1n) is 9.65. The zero-order valence-corrected chi connectivity index (χ0v) is 17.2. The Morgan fingerprint density at radius 3 is 2.12 bits per heavy atom. The van der Waals surface area contributed by atoms with Gasteiger partial charge in [-0.15, -0.1) is 0 Å². The van der Waals surface area contributed by atoms with E-state index >= 15 is 0 Å². The molecule has 2 N–H and O–H groups in total. The Morgan fingerprint density at radius 1 is 0.941 bits per heavy atom. The van der Waals surface area contributed by atoms with Crippen molar-refractivity contribution >= 4 is 17.2 Å². The number of halogens is 6. The van der Waals surface area contributed by atoms with Crippen LogP contribution < -0.4 is 10.9 Å². The fourth-order valence-electron chi connectivity index (χ4n) is 3.47. The van der Waals surface area contributed by atoms with E-state index in [0.29, 0.717) is 4.52 Å². The Balaban J connectivity index is 1.81. The first-order valence-corrected chi connectivity index (χ1v) is 9.65. The van der Waals surface area contributed by atoms with Crippen LogP contribution in [0.2, 0.25) is 0 Å². The Labute approximate surface area is 186 Å². The molecule has 12 heteroatoms. The van der Waals surface area contributed by atoms with Gasteiger partial charge in [-0.05, 0) is 36.8 Å². The minimum atomic E-state index is -4.89. The van der Waals surface area contributed by atoms with Crippen molar-refractivity contribution in [1.29, 1.82) is 0 Å². The number of anilines is 1. The van der Waals surface area contributed by atoms with Gasteiger partial charge in [0.1, 0.15) is 11.2 Å². The largest absolute Gasteiger partial charge is 0.435 e. The summed E-state index contributed by atoms with van der Waals surface area (Å²) >= 11 is 0. The maximum Gasteiger partial charge on any atom is 0.435 e. The Bertz CT molecular complexity index is 1440. The van der Waals surface area contributed by atoms with Crippen molar-refractivity contribution in [3.63, 3.8) is 0 Å². The molecule has 4 aromatic rings. The molecule has 0 atom stereocenters. The van der Waals surface area contributed by atoms with Gasteiger partial charge >= 0.3 is 12.4 Å². The lowest BCUT2D eigenvalue weighted by Gasteiger charge is -2.10. The number of nitrogens with zero attached hydrogens (tertiary/aromatic N) is 2. The number of aromatic nitrogens is 3. The number of carbonyl (C=O) groups excluding carboxylic acids is 1. The monoisotopic (exact) mass is 480 g/mol. The molecule has 0 radical (unpaired) electrons. The summed E-state index contributed by atoms with van der Waals surface area (Å²) in [5, 5.41) is 5.71. The molecule has 0 aliphatic rings. The third kappa shape index (κ3) is 4.14. The van der Waals surface area contributed by atoms with E-state index in [-0.39, 0.29) is 28.2 Å². The van der Waals surface area contributed by atoms with E-state index in [1.807, 2.05) is 0 Å². The van der Waals surface area contributed by atoms with E-state index in [9.17, 15) is 35.9 Å². The van der Waals surface area contributed by atoms with Crippen LogP contribution in [0.4, 0.5) is 32.0 Å². The Morgan fingerprint density at radius 2 is 1.56 bits per heavy atom. The first kappa shape index (κ1) is 23.1. The molecule has 34 heavy (non-hydrogen) atoms. The van der Waals surface area contributed by atoms with Gasteiger partial charge in [-0.1, -0.05) is 30.3 Å². The van der Waals surface area contributed by atoms with Crippen LogP contribution in [0.5, 0.6) is 0 Å². The molecule has 0 saturated heterocycles. The lowest BCUT2D eigenvalue weighted by atomic mass is 10.1. The molecule has 2 aromatic carbocycles. The molecule has 0 unspecified atom stereocenters. The predicted octanol–water partition coefficient (Wildman–Crippen LogP) is 5.29. The van der Waals surface area contributed by atoms with Crippen LogP contribution in [-0.2, 0) is 12.4 Å². The second-order valence-electron chi connectivity index (χ2n) is 7.31. The van der Waals surface area contributed by atoms with Crippen molar-refractivity contribution < 1.29 is 31.1 Å². The maximum absolute atomic E-state index is 13.7. The highest BCUT2D eigenvalue weighted by Gasteiger charge is 2.39. The molecule has 0 fully saturated rings. The minimum absolute atomic E-state index is 0.0432. The van der Waals surface area contributed by atoms with E-state index in [1.54, 1.807) is 6.07 Å². The van der Waals surface area contributed by atoms with Crippen molar-refractivity contribution in [3.8, 4) is 11.1 Å². The number of benzene rings is 2. The van der Waals surface area contributed by atoms with E-state index in [2.05, 4.69) is 15.4 Å². The summed E-state index contributed by atoms with van der Waals surface area (Å²) in [5.41, 5.74) is -4.47. The summed E-state index contributed by atoms with van der Waals surface area (Å²) in [4.78, 5) is 28.4. The van der Waals surface area contributed by atoms with Crippen LogP contribution in [0.3, 0.4) is 0 Å². The molecule has 176 valence electrons. The van der Waals surface area contributed by atoms with Crippen LogP contribution in [0.15, 0.2) is 59.4 Å². The second kappa shape index (κ2) is 8.04. The zero-order valence-electron chi connectivity index (χ0n) is 17.2. The van der Waals surface area contributed by atoms with Gasteiger partial charge in [0, 0.05) is 11.4 Å². The summed E-state index contributed by atoms with van der Waals surface area (Å²) in [5.74, 6) is -1.02. The molecule has 1 amide bonds. The average Bonchev–Trinajstić information content (AvgIpc) is 3.14. The number of carbonyl (C=O) groups is 1. The molecule has 2 aromatic heterocycles. The number of fused-ring (bicyclic) bond motifs is 1. The third-order valence-electron chi connectivity index (χ3n) is 5.00. The van der Waals surface area contributed by atoms with Gasteiger partial charge < -0.3 is 10.3 Å².